The number of carbonyl (C=O) groups excluding carboxylic acids is 1. The second kappa shape index (κ2) is 5.77. The number of halogens is 1. The van der Waals surface area contributed by atoms with Gasteiger partial charge in [-0.2, -0.15) is 0 Å². The zero-order chi connectivity index (χ0) is 14.8. The van der Waals surface area contributed by atoms with Crippen molar-refractivity contribution >= 4 is 33.2 Å². The van der Waals surface area contributed by atoms with Gasteiger partial charge in [0.25, 0.3) is 5.91 Å². The summed E-state index contributed by atoms with van der Waals surface area (Å²) in [4.78, 5) is 12.3. The van der Waals surface area contributed by atoms with Crippen LogP contribution >= 0.6 is 15.9 Å². The van der Waals surface area contributed by atoms with E-state index in [0.717, 1.165) is 22.1 Å². The number of benzene rings is 2. The Kier molecular flexibility index (Phi) is 3.84. The lowest BCUT2D eigenvalue weighted by atomic mass is 10.1. The molecule has 0 aliphatic carbocycles. The lowest BCUT2D eigenvalue weighted by molar-refractivity contribution is -0.122. The summed E-state index contributed by atoms with van der Waals surface area (Å²) in [5, 5.41) is 2.92. The highest BCUT2D eigenvalue weighted by atomic mass is 79.9. The first-order valence-corrected chi connectivity index (χ1v) is 7.52. The number of hydrogen-bond acceptors (Lipinski definition) is 3. The molecule has 2 aromatic carbocycles. The van der Waals surface area contributed by atoms with Crippen LogP contribution in [0.2, 0.25) is 0 Å². The van der Waals surface area contributed by atoms with Crippen LogP contribution in [0.4, 0.5) is 11.4 Å². The highest BCUT2D eigenvalue weighted by Gasteiger charge is 2.25. The largest absolute Gasteiger partial charge is 0.480 e. The third kappa shape index (κ3) is 3.19. The third-order valence-corrected chi connectivity index (χ3v) is 3.87. The van der Waals surface area contributed by atoms with Gasteiger partial charge in [0.2, 0.25) is 0 Å². The minimum Gasteiger partial charge on any atom is -0.480 e. The molecule has 3 rings (SSSR count). The number of fused-ring (bicyclic) bond motifs is 1. The van der Waals surface area contributed by atoms with E-state index in [-0.39, 0.29) is 5.91 Å². The molecular weight excluding hydrogens is 332 g/mol. The molecule has 0 saturated carbocycles. The zero-order valence-corrected chi connectivity index (χ0v) is 12.9. The fraction of sp³-hybridized carbons (Fsp3) is 0.188. The molecular formula is C16H15BrN2O2. The normalized spacial score (nSPS) is 17.6. The van der Waals surface area contributed by atoms with Crippen LogP contribution in [-0.4, -0.2) is 12.0 Å². The molecule has 1 aliphatic heterocycles. The quantitative estimate of drug-likeness (QED) is 0.819. The maximum atomic E-state index is 12.3. The molecule has 0 spiro atoms. The van der Waals surface area contributed by atoms with E-state index < -0.39 is 6.10 Å². The Morgan fingerprint density at radius 1 is 1.24 bits per heavy atom. The lowest BCUT2D eigenvalue weighted by Gasteiger charge is -2.16. The molecule has 1 heterocycles. The zero-order valence-electron chi connectivity index (χ0n) is 11.3. The molecule has 21 heavy (non-hydrogen) atoms. The SMILES string of the molecule is Nc1cc(Br)cc(OC2CCc3ccccc3NC2=O)c1. The predicted octanol–water partition coefficient (Wildman–Crippen LogP) is 3.36. The van der Waals surface area contributed by atoms with Crippen LogP contribution in [0.3, 0.4) is 0 Å². The molecule has 108 valence electrons. The summed E-state index contributed by atoms with van der Waals surface area (Å²) < 4.78 is 6.65. The summed E-state index contributed by atoms with van der Waals surface area (Å²) in [6.07, 6.45) is 0.907. The molecule has 1 atom stereocenters. The number of carbonyl (C=O) groups is 1. The van der Waals surface area contributed by atoms with Gasteiger partial charge >= 0.3 is 0 Å². The monoisotopic (exact) mass is 346 g/mol. The summed E-state index contributed by atoms with van der Waals surface area (Å²) in [7, 11) is 0. The number of hydrogen-bond donors (Lipinski definition) is 2. The van der Waals surface area contributed by atoms with Gasteiger partial charge in [0, 0.05) is 21.9 Å². The van der Waals surface area contributed by atoms with Crippen molar-refractivity contribution in [3.8, 4) is 5.75 Å². The smallest absolute Gasteiger partial charge is 0.265 e. The van der Waals surface area contributed by atoms with Crippen LogP contribution in [-0.2, 0) is 11.2 Å². The van der Waals surface area contributed by atoms with Crippen molar-refractivity contribution in [2.75, 3.05) is 11.1 Å². The second-order valence-corrected chi connectivity index (χ2v) is 5.93. The molecule has 0 saturated heterocycles. The van der Waals surface area contributed by atoms with Crippen molar-refractivity contribution in [1.82, 2.24) is 0 Å². The van der Waals surface area contributed by atoms with Crippen LogP contribution in [0.5, 0.6) is 5.75 Å². The van der Waals surface area contributed by atoms with Gasteiger partial charge in [-0.3, -0.25) is 4.79 Å². The van der Waals surface area contributed by atoms with Crippen LogP contribution in [0.1, 0.15) is 12.0 Å². The second-order valence-electron chi connectivity index (χ2n) is 5.01. The minimum atomic E-state index is -0.522. The Balaban J connectivity index is 1.79. The van der Waals surface area contributed by atoms with Gasteiger partial charge in [0.15, 0.2) is 6.10 Å². The van der Waals surface area contributed by atoms with E-state index in [1.54, 1.807) is 12.1 Å². The molecule has 1 amide bonds. The van der Waals surface area contributed by atoms with Crippen molar-refractivity contribution in [1.29, 1.82) is 0 Å². The molecule has 0 aromatic heterocycles. The Hall–Kier alpha value is -2.01. The Morgan fingerprint density at radius 3 is 2.86 bits per heavy atom. The van der Waals surface area contributed by atoms with E-state index in [0.29, 0.717) is 17.9 Å². The van der Waals surface area contributed by atoms with E-state index in [4.69, 9.17) is 10.5 Å². The summed E-state index contributed by atoms with van der Waals surface area (Å²) in [6, 6.07) is 13.1. The number of rotatable bonds is 2. The van der Waals surface area contributed by atoms with E-state index in [9.17, 15) is 4.79 Å². The van der Waals surface area contributed by atoms with Gasteiger partial charge in [-0.15, -0.1) is 0 Å². The van der Waals surface area contributed by atoms with Crippen LogP contribution in [0.25, 0.3) is 0 Å². The third-order valence-electron chi connectivity index (χ3n) is 3.42. The van der Waals surface area contributed by atoms with Gasteiger partial charge in [0.05, 0.1) is 0 Å². The van der Waals surface area contributed by atoms with E-state index in [1.165, 1.54) is 0 Å². The number of nitrogen functional groups attached to an aromatic ring is 1. The Bertz CT molecular complexity index is 667. The molecule has 3 N–H and O–H groups in total. The lowest BCUT2D eigenvalue weighted by Crippen LogP contribution is -2.31. The molecule has 1 aliphatic rings. The van der Waals surface area contributed by atoms with Crippen molar-refractivity contribution in [2.24, 2.45) is 0 Å². The standard InChI is InChI=1S/C16H15BrN2O2/c17-11-7-12(18)9-13(8-11)21-15-6-5-10-3-1-2-4-14(10)19-16(15)20/h1-4,7-9,15H,5-6,18H2,(H,19,20). The van der Waals surface area contributed by atoms with Gasteiger partial charge in [0.1, 0.15) is 5.75 Å². The number of nitrogens with one attached hydrogen (secondary N) is 1. The fourth-order valence-electron chi connectivity index (χ4n) is 2.42. The van der Waals surface area contributed by atoms with Gasteiger partial charge in [-0.05, 0) is 36.6 Å². The first kappa shape index (κ1) is 13.9. The fourth-order valence-corrected chi connectivity index (χ4v) is 2.91. The number of nitrogens with two attached hydrogens (primary N) is 1. The summed E-state index contributed by atoms with van der Waals surface area (Å²) >= 11 is 3.37. The topological polar surface area (TPSA) is 64.3 Å². The molecule has 0 fully saturated rings. The molecule has 5 heteroatoms. The first-order valence-electron chi connectivity index (χ1n) is 6.73. The highest BCUT2D eigenvalue weighted by molar-refractivity contribution is 9.10. The van der Waals surface area contributed by atoms with Gasteiger partial charge in [-0.1, -0.05) is 34.1 Å². The van der Waals surface area contributed by atoms with Gasteiger partial charge in [-0.25, -0.2) is 0 Å². The van der Waals surface area contributed by atoms with Crippen molar-refractivity contribution in [3.05, 3.63) is 52.5 Å². The van der Waals surface area contributed by atoms with Crippen LogP contribution < -0.4 is 15.8 Å². The Morgan fingerprint density at radius 2 is 2.05 bits per heavy atom. The van der Waals surface area contributed by atoms with Crippen molar-refractivity contribution in [2.45, 2.75) is 18.9 Å². The molecule has 1 unspecified atom stereocenters. The van der Waals surface area contributed by atoms with E-state index in [2.05, 4.69) is 21.2 Å². The number of para-hydroxylation sites is 1. The summed E-state index contributed by atoms with van der Waals surface area (Å²) in [5.74, 6) is 0.464. The summed E-state index contributed by atoms with van der Waals surface area (Å²) in [5.41, 5.74) is 8.38. The molecule has 0 radical (unpaired) electrons. The maximum Gasteiger partial charge on any atom is 0.265 e. The number of anilines is 2. The van der Waals surface area contributed by atoms with Crippen molar-refractivity contribution in [3.63, 3.8) is 0 Å². The minimum absolute atomic E-state index is 0.126. The van der Waals surface area contributed by atoms with Crippen molar-refractivity contribution < 1.29 is 9.53 Å². The number of aryl methyl sites for hydroxylation is 1. The van der Waals surface area contributed by atoms with Crippen LogP contribution in [0, 0.1) is 0 Å². The predicted molar refractivity (Wildman–Crippen MR) is 86.4 cm³/mol. The van der Waals surface area contributed by atoms with E-state index >= 15 is 0 Å². The summed E-state index contributed by atoms with van der Waals surface area (Å²) in [6.45, 7) is 0. The van der Waals surface area contributed by atoms with Crippen LogP contribution in [0.15, 0.2) is 46.9 Å². The first-order chi connectivity index (χ1) is 10.1. The molecule has 2 aromatic rings. The Labute approximate surface area is 131 Å². The highest BCUT2D eigenvalue weighted by Crippen LogP contribution is 2.27. The maximum absolute atomic E-state index is 12.3. The number of amides is 1. The average Bonchev–Trinajstić information content (AvgIpc) is 2.58. The van der Waals surface area contributed by atoms with Gasteiger partial charge < -0.3 is 15.8 Å². The molecule has 4 nitrogen and oxygen atoms in total. The number of ether oxygens (including phenoxy) is 1. The molecule has 0 bridgehead atoms. The average molecular weight is 347 g/mol. The van der Waals surface area contributed by atoms with E-state index in [1.807, 2.05) is 30.3 Å².